The van der Waals surface area contributed by atoms with Crippen LogP contribution < -0.4 is 0 Å². The van der Waals surface area contributed by atoms with Crippen molar-refractivity contribution in [3.8, 4) is 0 Å². The SMILES string of the molecule is Cc1ccc([C@@H]2C[C@H](C)N(C(=O)c3cn(C(C)C)cn3)C2)cc1. The van der Waals surface area contributed by atoms with Crippen LogP contribution in [0.25, 0.3) is 0 Å². The Kier molecular flexibility index (Phi) is 4.24. The highest BCUT2D eigenvalue weighted by Gasteiger charge is 2.34. The molecule has 0 bridgehead atoms. The molecule has 0 spiro atoms. The summed E-state index contributed by atoms with van der Waals surface area (Å²) in [7, 11) is 0. The molecule has 4 heteroatoms. The minimum atomic E-state index is 0.0477. The first kappa shape index (κ1) is 15.8. The Labute approximate surface area is 138 Å². The monoisotopic (exact) mass is 311 g/mol. The molecule has 1 fully saturated rings. The number of imidazole rings is 1. The van der Waals surface area contributed by atoms with Crippen LogP contribution in [-0.2, 0) is 0 Å². The summed E-state index contributed by atoms with van der Waals surface area (Å²) in [4.78, 5) is 19.0. The lowest BCUT2D eigenvalue weighted by atomic mass is 9.96. The van der Waals surface area contributed by atoms with Gasteiger partial charge >= 0.3 is 0 Å². The van der Waals surface area contributed by atoms with Crippen LogP contribution in [-0.4, -0.2) is 32.9 Å². The zero-order valence-corrected chi connectivity index (χ0v) is 14.4. The van der Waals surface area contributed by atoms with E-state index in [1.807, 2.05) is 15.7 Å². The van der Waals surface area contributed by atoms with Gasteiger partial charge in [-0.3, -0.25) is 4.79 Å². The molecule has 1 aliphatic rings. The van der Waals surface area contributed by atoms with Gasteiger partial charge in [-0.15, -0.1) is 0 Å². The molecular formula is C19H25N3O. The van der Waals surface area contributed by atoms with Gasteiger partial charge in [0, 0.05) is 30.7 Å². The summed E-state index contributed by atoms with van der Waals surface area (Å²) in [6.45, 7) is 9.18. The lowest BCUT2D eigenvalue weighted by molar-refractivity contribution is 0.0740. The standard InChI is InChI=1S/C19H25N3O/c1-13(2)21-11-18(20-12-21)19(23)22-10-17(9-15(22)4)16-7-5-14(3)6-8-16/h5-8,11-13,15,17H,9-10H2,1-4H3/t15-,17+/m0/s1. The van der Waals surface area contributed by atoms with E-state index in [4.69, 9.17) is 0 Å². The molecule has 2 heterocycles. The number of amides is 1. The van der Waals surface area contributed by atoms with Gasteiger partial charge in [0.25, 0.3) is 5.91 Å². The molecule has 2 aromatic rings. The molecular weight excluding hydrogens is 286 g/mol. The Balaban J connectivity index is 1.75. The second-order valence-electron chi connectivity index (χ2n) is 6.95. The molecule has 1 saturated heterocycles. The van der Waals surface area contributed by atoms with E-state index in [1.165, 1.54) is 11.1 Å². The maximum absolute atomic E-state index is 12.8. The van der Waals surface area contributed by atoms with Gasteiger partial charge < -0.3 is 9.47 Å². The summed E-state index contributed by atoms with van der Waals surface area (Å²) < 4.78 is 1.98. The van der Waals surface area contributed by atoms with Crippen molar-refractivity contribution in [2.24, 2.45) is 0 Å². The highest BCUT2D eigenvalue weighted by atomic mass is 16.2. The van der Waals surface area contributed by atoms with Gasteiger partial charge in [0.15, 0.2) is 0 Å². The highest BCUT2D eigenvalue weighted by molar-refractivity contribution is 5.92. The Morgan fingerprint density at radius 3 is 2.57 bits per heavy atom. The minimum Gasteiger partial charge on any atom is -0.334 e. The largest absolute Gasteiger partial charge is 0.334 e. The quantitative estimate of drug-likeness (QED) is 0.865. The van der Waals surface area contributed by atoms with Crippen molar-refractivity contribution in [2.75, 3.05) is 6.54 Å². The van der Waals surface area contributed by atoms with E-state index in [9.17, 15) is 4.79 Å². The number of hydrogen-bond acceptors (Lipinski definition) is 2. The number of likely N-dealkylation sites (tertiary alicyclic amines) is 1. The molecule has 0 aliphatic carbocycles. The van der Waals surface area contributed by atoms with Gasteiger partial charge in [-0.25, -0.2) is 4.98 Å². The van der Waals surface area contributed by atoms with Gasteiger partial charge in [-0.05, 0) is 39.7 Å². The van der Waals surface area contributed by atoms with Crippen molar-refractivity contribution in [2.45, 2.75) is 52.1 Å². The van der Waals surface area contributed by atoms with Crippen molar-refractivity contribution in [1.29, 1.82) is 0 Å². The number of carbonyl (C=O) groups excluding carboxylic acids is 1. The van der Waals surface area contributed by atoms with E-state index in [0.717, 1.165) is 13.0 Å². The van der Waals surface area contributed by atoms with Crippen LogP contribution in [0.3, 0.4) is 0 Å². The van der Waals surface area contributed by atoms with Crippen LogP contribution in [0, 0.1) is 6.92 Å². The van der Waals surface area contributed by atoms with E-state index in [0.29, 0.717) is 17.7 Å². The van der Waals surface area contributed by atoms with Crippen molar-refractivity contribution in [1.82, 2.24) is 14.5 Å². The molecule has 23 heavy (non-hydrogen) atoms. The van der Waals surface area contributed by atoms with Crippen molar-refractivity contribution >= 4 is 5.91 Å². The minimum absolute atomic E-state index is 0.0477. The Morgan fingerprint density at radius 2 is 1.96 bits per heavy atom. The molecule has 122 valence electrons. The molecule has 3 rings (SSSR count). The number of aryl methyl sites for hydroxylation is 1. The molecule has 2 atom stereocenters. The number of aromatic nitrogens is 2. The van der Waals surface area contributed by atoms with Gasteiger partial charge in [0.2, 0.25) is 0 Å². The predicted molar refractivity (Wildman–Crippen MR) is 91.6 cm³/mol. The highest BCUT2D eigenvalue weighted by Crippen LogP contribution is 2.32. The normalized spacial score (nSPS) is 21.2. The van der Waals surface area contributed by atoms with E-state index >= 15 is 0 Å². The number of rotatable bonds is 3. The maximum Gasteiger partial charge on any atom is 0.274 e. The fourth-order valence-corrected chi connectivity index (χ4v) is 3.27. The first-order valence-corrected chi connectivity index (χ1v) is 8.36. The van der Waals surface area contributed by atoms with Gasteiger partial charge in [-0.2, -0.15) is 0 Å². The van der Waals surface area contributed by atoms with Gasteiger partial charge in [0.1, 0.15) is 5.69 Å². The number of nitrogens with zero attached hydrogens (tertiary/aromatic N) is 3. The van der Waals surface area contributed by atoms with Gasteiger partial charge in [0.05, 0.1) is 6.33 Å². The van der Waals surface area contributed by atoms with Crippen LogP contribution in [0.4, 0.5) is 0 Å². The number of hydrogen-bond donors (Lipinski definition) is 0. The van der Waals surface area contributed by atoms with E-state index in [2.05, 4.69) is 56.9 Å². The summed E-state index contributed by atoms with van der Waals surface area (Å²) >= 11 is 0. The Hall–Kier alpha value is -2.10. The molecule has 0 unspecified atom stereocenters. The molecule has 0 saturated carbocycles. The topological polar surface area (TPSA) is 38.1 Å². The van der Waals surface area contributed by atoms with Crippen LogP contribution in [0.2, 0.25) is 0 Å². The summed E-state index contributed by atoms with van der Waals surface area (Å²) in [5.74, 6) is 0.466. The van der Waals surface area contributed by atoms with Crippen molar-refractivity contribution < 1.29 is 4.79 Å². The zero-order chi connectivity index (χ0) is 16.6. The van der Waals surface area contributed by atoms with Crippen LogP contribution in [0.5, 0.6) is 0 Å². The average Bonchev–Trinajstić information content (AvgIpc) is 3.14. The third kappa shape index (κ3) is 3.16. The molecule has 0 N–H and O–H groups in total. The lowest BCUT2D eigenvalue weighted by Crippen LogP contribution is -2.34. The van der Waals surface area contributed by atoms with Gasteiger partial charge in [-0.1, -0.05) is 29.8 Å². The predicted octanol–water partition coefficient (Wildman–Crippen LogP) is 3.79. The molecule has 1 aliphatic heterocycles. The molecule has 4 nitrogen and oxygen atoms in total. The Morgan fingerprint density at radius 1 is 1.26 bits per heavy atom. The zero-order valence-electron chi connectivity index (χ0n) is 14.4. The summed E-state index contributed by atoms with van der Waals surface area (Å²) in [6, 6.07) is 9.24. The smallest absolute Gasteiger partial charge is 0.274 e. The summed E-state index contributed by atoms with van der Waals surface area (Å²) in [6.07, 6.45) is 4.62. The summed E-state index contributed by atoms with van der Waals surface area (Å²) in [5.41, 5.74) is 3.15. The van der Waals surface area contributed by atoms with E-state index in [1.54, 1.807) is 6.33 Å². The van der Waals surface area contributed by atoms with Crippen molar-refractivity contribution in [3.05, 3.63) is 53.6 Å². The molecule has 0 radical (unpaired) electrons. The fraction of sp³-hybridized carbons (Fsp3) is 0.474. The lowest BCUT2D eigenvalue weighted by Gasteiger charge is -2.20. The first-order valence-electron chi connectivity index (χ1n) is 8.36. The van der Waals surface area contributed by atoms with Crippen molar-refractivity contribution in [3.63, 3.8) is 0 Å². The molecule has 1 amide bonds. The summed E-state index contributed by atoms with van der Waals surface area (Å²) in [5, 5.41) is 0. The first-order chi connectivity index (χ1) is 11.0. The maximum atomic E-state index is 12.8. The van der Waals surface area contributed by atoms with E-state index < -0.39 is 0 Å². The molecule has 1 aromatic heterocycles. The number of benzene rings is 1. The van der Waals surface area contributed by atoms with Crippen LogP contribution >= 0.6 is 0 Å². The number of carbonyl (C=O) groups is 1. The van der Waals surface area contributed by atoms with Crippen LogP contribution in [0.15, 0.2) is 36.8 Å². The second-order valence-corrected chi connectivity index (χ2v) is 6.95. The van der Waals surface area contributed by atoms with Crippen LogP contribution in [0.1, 0.15) is 60.8 Å². The second kappa shape index (κ2) is 6.19. The third-order valence-electron chi connectivity index (χ3n) is 4.80. The average molecular weight is 311 g/mol. The molecule has 1 aromatic carbocycles. The Bertz CT molecular complexity index is 687. The van der Waals surface area contributed by atoms with E-state index in [-0.39, 0.29) is 11.9 Å². The fourth-order valence-electron chi connectivity index (χ4n) is 3.27. The third-order valence-corrected chi connectivity index (χ3v) is 4.80.